The highest BCUT2D eigenvalue weighted by atomic mass is 16.5. The maximum Gasteiger partial charge on any atom is 0.307 e. The van der Waals surface area contributed by atoms with Gasteiger partial charge in [0.15, 0.2) is 0 Å². The third-order valence-corrected chi connectivity index (χ3v) is 17.0. The number of hydrogen-bond acceptors (Lipinski definition) is 7. The SMILES string of the molecule is CCN[C@@](C)(CO[C@H]1[C@H](n2ncnc2C(=O)NC(C)C)CC23COC[C@@]1(C)[C@@H]2CC[C@H]1C3=CC[C@@]2(C)[C@H](C(=O)O)[C@@](C)([C@H](C)C(C)C)CC[C@]12C)C(C)C. The Labute approximate surface area is 325 Å². The molecule has 1 unspecified atom stereocenters. The van der Waals surface area contributed by atoms with Crippen LogP contribution in [0.25, 0.3) is 0 Å². The molecule has 304 valence electrons. The number of ether oxygens (including phenoxy) is 2. The number of aromatic nitrogens is 3. The van der Waals surface area contributed by atoms with Crippen molar-refractivity contribution in [2.45, 2.75) is 152 Å². The predicted octanol–water partition coefficient (Wildman–Crippen LogP) is 7.96. The fraction of sp³-hybridized carbons (Fsp3) is 0.864. The number of nitrogens with zero attached hydrogens (tertiary/aromatic N) is 3. The lowest BCUT2D eigenvalue weighted by Crippen LogP contribution is -2.69. The van der Waals surface area contributed by atoms with E-state index in [1.165, 1.54) is 11.9 Å². The molecule has 3 saturated carbocycles. The molecule has 0 spiro atoms. The molecule has 0 aromatic carbocycles. The Morgan fingerprint density at radius 3 is 2.37 bits per heavy atom. The van der Waals surface area contributed by atoms with Crippen molar-refractivity contribution in [3.63, 3.8) is 0 Å². The number of allylic oxidation sites excluding steroid dienone is 1. The van der Waals surface area contributed by atoms with Crippen molar-refractivity contribution in [1.82, 2.24) is 25.4 Å². The van der Waals surface area contributed by atoms with Crippen LogP contribution in [0.15, 0.2) is 18.0 Å². The number of aliphatic carboxylic acids is 1. The van der Waals surface area contributed by atoms with Gasteiger partial charge in [-0.25, -0.2) is 9.67 Å². The number of rotatable bonds is 12. The maximum absolute atomic E-state index is 13.7. The van der Waals surface area contributed by atoms with Crippen LogP contribution in [0.2, 0.25) is 0 Å². The van der Waals surface area contributed by atoms with E-state index in [0.717, 1.165) is 45.1 Å². The average Bonchev–Trinajstić information content (AvgIpc) is 3.57. The van der Waals surface area contributed by atoms with Crippen LogP contribution in [0, 0.1) is 62.6 Å². The summed E-state index contributed by atoms with van der Waals surface area (Å²) in [4.78, 5) is 31.8. The van der Waals surface area contributed by atoms with Crippen molar-refractivity contribution in [1.29, 1.82) is 0 Å². The Kier molecular flexibility index (Phi) is 10.9. The number of likely N-dealkylation sites (N-methyl/N-ethyl adjacent to an activating group) is 1. The summed E-state index contributed by atoms with van der Waals surface area (Å²) in [6.45, 7) is 31.5. The molecule has 3 N–H and O–H groups in total. The Balaban J connectivity index is 1.47. The summed E-state index contributed by atoms with van der Waals surface area (Å²) in [5.74, 6) is 0.587. The average molecular weight is 752 g/mol. The lowest BCUT2D eigenvalue weighted by Gasteiger charge is -2.71. The second-order valence-corrected chi connectivity index (χ2v) is 20.6. The number of carboxylic acids is 1. The third kappa shape index (κ3) is 6.04. The van der Waals surface area contributed by atoms with E-state index in [1.54, 1.807) is 0 Å². The topological polar surface area (TPSA) is 128 Å². The number of amides is 1. The molecule has 4 aliphatic carbocycles. The number of nitrogens with one attached hydrogen (secondary N) is 2. The molecule has 1 saturated heterocycles. The van der Waals surface area contributed by atoms with Gasteiger partial charge in [-0.2, -0.15) is 5.10 Å². The van der Waals surface area contributed by atoms with E-state index in [2.05, 4.69) is 97.9 Å². The molecular weight excluding hydrogens is 679 g/mol. The normalized spacial score (nSPS) is 40.7. The second-order valence-electron chi connectivity index (χ2n) is 20.6. The minimum absolute atomic E-state index is 0.0433. The molecule has 2 heterocycles. The van der Waals surface area contributed by atoms with Crippen LogP contribution in [0.4, 0.5) is 0 Å². The molecule has 10 nitrogen and oxygen atoms in total. The Hall–Kier alpha value is -2.30. The first-order valence-electron chi connectivity index (χ1n) is 21.2. The van der Waals surface area contributed by atoms with E-state index in [1.807, 2.05) is 18.5 Å². The highest BCUT2D eigenvalue weighted by molar-refractivity contribution is 5.90. The summed E-state index contributed by atoms with van der Waals surface area (Å²) in [6.07, 6.45) is 9.19. The summed E-state index contributed by atoms with van der Waals surface area (Å²) < 4.78 is 15.9. The molecule has 6 rings (SSSR count). The number of carboxylic acid groups (broad SMARTS) is 1. The van der Waals surface area contributed by atoms with E-state index < -0.39 is 17.3 Å². The Morgan fingerprint density at radius 2 is 1.76 bits per heavy atom. The minimum Gasteiger partial charge on any atom is -0.481 e. The van der Waals surface area contributed by atoms with E-state index in [4.69, 9.17) is 14.6 Å². The summed E-state index contributed by atoms with van der Waals surface area (Å²) >= 11 is 0. The van der Waals surface area contributed by atoms with Crippen molar-refractivity contribution in [3.05, 3.63) is 23.8 Å². The van der Waals surface area contributed by atoms with Gasteiger partial charge in [-0.15, -0.1) is 0 Å². The molecule has 1 aromatic rings. The van der Waals surface area contributed by atoms with Crippen LogP contribution in [0.3, 0.4) is 0 Å². The van der Waals surface area contributed by atoms with Gasteiger partial charge in [-0.3, -0.25) is 9.59 Å². The summed E-state index contributed by atoms with van der Waals surface area (Å²) in [7, 11) is 0. The summed E-state index contributed by atoms with van der Waals surface area (Å²) in [6, 6.07) is -0.295. The zero-order valence-corrected chi connectivity index (χ0v) is 35.8. The van der Waals surface area contributed by atoms with Crippen LogP contribution >= 0.6 is 0 Å². The molecule has 12 atom stereocenters. The number of hydrogen-bond donors (Lipinski definition) is 3. The van der Waals surface area contributed by atoms with Gasteiger partial charge in [-0.1, -0.05) is 80.9 Å². The van der Waals surface area contributed by atoms with E-state index >= 15 is 0 Å². The third-order valence-electron chi connectivity index (χ3n) is 17.0. The molecule has 2 bridgehead atoms. The maximum atomic E-state index is 13.7. The van der Waals surface area contributed by atoms with Gasteiger partial charge in [0.05, 0.1) is 37.9 Å². The first kappa shape index (κ1) is 41.3. The van der Waals surface area contributed by atoms with Gasteiger partial charge in [0, 0.05) is 22.4 Å². The van der Waals surface area contributed by atoms with Crippen molar-refractivity contribution in [2.24, 2.45) is 62.6 Å². The van der Waals surface area contributed by atoms with Gasteiger partial charge >= 0.3 is 5.97 Å². The fourth-order valence-corrected chi connectivity index (χ4v) is 13.2. The zero-order chi connectivity index (χ0) is 39.8. The lowest BCUT2D eigenvalue weighted by atomic mass is 9.34. The fourth-order valence-electron chi connectivity index (χ4n) is 13.2. The van der Waals surface area contributed by atoms with E-state index in [-0.39, 0.29) is 63.1 Å². The van der Waals surface area contributed by atoms with Gasteiger partial charge < -0.3 is 25.2 Å². The van der Waals surface area contributed by atoms with Gasteiger partial charge in [-0.05, 0) is 112 Å². The standard InChI is InChI=1S/C44H73N5O5/c1-14-46-43(13,27(4)5)23-54-35-32(49-36(45-25-47-49)37(50)48-28(6)7)21-44-24-53-22-40(35,10)33(44)16-15-30-31(44)17-18-42(12)34(38(51)52)39(9,29(8)26(2)3)19-20-41(30,42)11/h17,25-30,32-35,46H,14-16,18-24H2,1-13H3,(H,48,50)(H,51,52)/t29-,30+,32-,33+,34-,35+,39-,40+,41-,42+,43+,44?/m1/s1. The van der Waals surface area contributed by atoms with E-state index in [9.17, 15) is 14.7 Å². The Morgan fingerprint density at radius 1 is 1.06 bits per heavy atom. The van der Waals surface area contributed by atoms with Crippen molar-refractivity contribution in [2.75, 3.05) is 26.4 Å². The van der Waals surface area contributed by atoms with Crippen LogP contribution in [-0.4, -0.2) is 75.8 Å². The minimum atomic E-state index is -0.641. The monoisotopic (exact) mass is 752 g/mol. The molecule has 54 heavy (non-hydrogen) atoms. The number of carbonyl (C=O) groups excluding carboxylic acids is 1. The quantitative estimate of drug-likeness (QED) is 0.184. The van der Waals surface area contributed by atoms with Crippen LogP contribution in [-0.2, 0) is 14.3 Å². The predicted molar refractivity (Wildman–Crippen MR) is 212 cm³/mol. The van der Waals surface area contributed by atoms with E-state index in [0.29, 0.717) is 43.4 Å². The van der Waals surface area contributed by atoms with Crippen molar-refractivity contribution >= 4 is 11.9 Å². The molecule has 10 heteroatoms. The van der Waals surface area contributed by atoms with Crippen LogP contribution in [0.5, 0.6) is 0 Å². The van der Waals surface area contributed by atoms with Crippen LogP contribution in [0.1, 0.15) is 145 Å². The molecule has 1 aliphatic heterocycles. The largest absolute Gasteiger partial charge is 0.481 e. The smallest absolute Gasteiger partial charge is 0.307 e. The highest BCUT2D eigenvalue weighted by Crippen LogP contribution is 2.75. The molecule has 5 aliphatic rings. The number of carbonyl (C=O) groups is 2. The number of fused-ring (bicyclic) bond motifs is 3. The van der Waals surface area contributed by atoms with Gasteiger partial charge in [0.2, 0.25) is 5.82 Å². The Bertz CT molecular complexity index is 1610. The first-order valence-corrected chi connectivity index (χ1v) is 21.2. The zero-order valence-electron chi connectivity index (χ0n) is 35.8. The van der Waals surface area contributed by atoms with Gasteiger partial charge in [0.25, 0.3) is 5.91 Å². The molecule has 1 aromatic heterocycles. The molecule has 4 fully saturated rings. The highest BCUT2D eigenvalue weighted by Gasteiger charge is 2.72. The summed E-state index contributed by atoms with van der Waals surface area (Å²) in [5, 5.41) is 22.7. The van der Waals surface area contributed by atoms with Gasteiger partial charge in [0.1, 0.15) is 6.33 Å². The molecular formula is C44H73N5O5. The molecule has 0 radical (unpaired) electrons. The first-order chi connectivity index (χ1) is 25.2. The van der Waals surface area contributed by atoms with Crippen molar-refractivity contribution < 1.29 is 24.2 Å². The van der Waals surface area contributed by atoms with Crippen molar-refractivity contribution in [3.8, 4) is 0 Å². The lowest BCUT2D eigenvalue weighted by molar-refractivity contribution is -0.253. The summed E-state index contributed by atoms with van der Waals surface area (Å²) in [5.41, 5.74) is -0.315. The van der Waals surface area contributed by atoms with Crippen LogP contribution < -0.4 is 10.6 Å². The molecule has 1 amide bonds. The second kappa shape index (κ2) is 14.3.